The van der Waals surface area contributed by atoms with E-state index < -0.39 is 50.7 Å². The summed E-state index contributed by atoms with van der Waals surface area (Å²) in [4.78, 5) is 21.0. The number of aliphatic hydroxyl groups is 2. The number of nitrogens with one attached hydrogen (secondary N) is 1. The number of ether oxygens (including phenoxy) is 1. The smallest absolute Gasteiger partial charge is 0.387 e. The molecular formula is C18H24F3N4O7P. The van der Waals surface area contributed by atoms with Crippen molar-refractivity contribution in [3.63, 3.8) is 0 Å². The second kappa shape index (κ2) is 9.10. The highest BCUT2D eigenvalue weighted by atomic mass is 31.2. The van der Waals surface area contributed by atoms with E-state index in [2.05, 4.69) is 24.8 Å². The number of fused-ring (bicyclic) bond motifs is 1. The monoisotopic (exact) mass is 496 g/mol. The number of hydrogen-bond donors (Lipinski definition) is 4. The molecule has 2 aliphatic rings. The van der Waals surface area contributed by atoms with Crippen molar-refractivity contribution in [3.05, 3.63) is 18.1 Å². The van der Waals surface area contributed by atoms with Crippen molar-refractivity contribution in [3.8, 4) is 0 Å². The molecule has 33 heavy (non-hydrogen) atoms. The van der Waals surface area contributed by atoms with Gasteiger partial charge in [0.15, 0.2) is 6.23 Å². The maximum Gasteiger partial charge on any atom is 0.451 e. The Labute approximate surface area is 186 Å². The summed E-state index contributed by atoms with van der Waals surface area (Å²) in [7, 11) is -3.95. The molecule has 15 heteroatoms. The second-order valence-corrected chi connectivity index (χ2v) is 9.94. The second-order valence-electron chi connectivity index (χ2n) is 8.19. The van der Waals surface area contributed by atoms with E-state index in [0.29, 0.717) is 5.39 Å². The molecule has 11 nitrogen and oxygen atoms in total. The number of nitrogens with zero attached hydrogens (tertiary/aromatic N) is 3. The standard InChI is InChI=1S/C18H24F3N4O7P/c1-33(28,29)32-30-8-11-12(26)13(27)16(31-11)25-7-6-10-14(22-9-4-2-3-5-9)23-17(18(19,20)21)24-15(10)25/h6-7,9,11-13,16,26-27H,2-5,8H2,1H3,(H,28,29)(H,22,23,24)/t11-,12-,13-,16-/m1/s1. The minimum atomic E-state index is -4.81. The van der Waals surface area contributed by atoms with E-state index in [1.807, 2.05) is 0 Å². The highest BCUT2D eigenvalue weighted by molar-refractivity contribution is 7.51. The predicted molar refractivity (Wildman–Crippen MR) is 107 cm³/mol. The molecule has 0 aromatic carbocycles. The molecule has 2 aromatic rings. The molecule has 2 fully saturated rings. The minimum Gasteiger partial charge on any atom is -0.387 e. The zero-order valence-corrected chi connectivity index (χ0v) is 18.4. The third-order valence-corrected chi connectivity index (χ3v) is 5.94. The third kappa shape index (κ3) is 5.32. The Morgan fingerprint density at radius 1 is 1.27 bits per heavy atom. The summed E-state index contributed by atoms with van der Waals surface area (Å²) in [5.41, 5.74) is -0.139. The number of rotatable bonds is 7. The van der Waals surface area contributed by atoms with Gasteiger partial charge >= 0.3 is 13.8 Å². The van der Waals surface area contributed by atoms with Gasteiger partial charge in [0, 0.05) is 18.9 Å². The van der Waals surface area contributed by atoms with Crippen LogP contribution in [0.15, 0.2) is 12.3 Å². The largest absolute Gasteiger partial charge is 0.451 e. The fourth-order valence-electron chi connectivity index (χ4n) is 4.03. The maximum absolute atomic E-state index is 13.5. The first-order valence-electron chi connectivity index (χ1n) is 10.3. The maximum atomic E-state index is 13.5. The molecule has 1 aliphatic heterocycles. The molecule has 184 valence electrons. The van der Waals surface area contributed by atoms with Crippen LogP contribution in [-0.2, 0) is 25.0 Å². The lowest BCUT2D eigenvalue weighted by Gasteiger charge is -2.19. The molecule has 1 saturated carbocycles. The van der Waals surface area contributed by atoms with Crippen LogP contribution in [0.1, 0.15) is 37.7 Å². The summed E-state index contributed by atoms with van der Waals surface area (Å²) in [5, 5.41) is 24.1. The van der Waals surface area contributed by atoms with Crippen LogP contribution in [0.3, 0.4) is 0 Å². The van der Waals surface area contributed by atoms with Crippen LogP contribution in [0.4, 0.5) is 19.0 Å². The van der Waals surface area contributed by atoms with Crippen molar-refractivity contribution in [1.82, 2.24) is 14.5 Å². The highest BCUT2D eigenvalue weighted by Crippen LogP contribution is 2.39. The summed E-state index contributed by atoms with van der Waals surface area (Å²) in [6, 6.07) is 1.49. The molecule has 0 bridgehead atoms. The van der Waals surface area contributed by atoms with Crippen LogP contribution in [0.25, 0.3) is 11.0 Å². The van der Waals surface area contributed by atoms with Gasteiger partial charge in [0.1, 0.15) is 36.4 Å². The fourth-order valence-corrected chi connectivity index (χ4v) is 4.29. The normalized spacial score (nSPS) is 28.5. The Balaban J connectivity index is 1.64. The minimum absolute atomic E-state index is 0.00901. The van der Waals surface area contributed by atoms with Gasteiger partial charge in [0.05, 0.1) is 5.39 Å². The van der Waals surface area contributed by atoms with Crippen molar-refractivity contribution in [1.29, 1.82) is 0 Å². The van der Waals surface area contributed by atoms with E-state index in [0.717, 1.165) is 32.3 Å². The zero-order chi connectivity index (χ0) is 24.0. The van der Waals surface area contributed by atoms with Crippen LogP contribution >= 0.6 is 7.60 Å². The molecule has 5 atom stereocenters. The molecule has 2 aromatic heterocycles. The third-order valence-electron chi connectivity index (χ3n) is 5.56. The van der Waals surface area contributed by atoms with Gasteiger partial charge in [-0.25, -0.2) is 14.9 Å². The molecule has 4 N–H and O–H groups in total. The average Bonchev–Trinajstić information content (AvgIpc) is 3.43. The molecule has 4 rings (SSSR count). The Kier molecular flexibility index (Phi) is 6.71. The van der Waals surface area contributed by atoms with Crippen molar-refractivity contribution in [2.75, 3.05) is 18.6 Å². The number of alkyl halides is 3. The number of halogens is 3. The van der Waals surface area contributed by atoms with Crippen molar-refractivity contribution in [2.45, 2.75) is 62.4 Å². The van der Waals surface area contributed by atoms with Crippen molar-refractivity contribution in [2.24, 2.45) is 0 Å². The van der Waals surface area contributed by atoms with Crippen LogP contribution in [0.5, 0.6) is 0 Å². The highest BCUT2D eigenvalue weighted by Gasteiger charge is 2.45. The number of anilines is 1. The van der Waals surface area contributed by atoms with Crippen LogP contribution in [0.2, 0.25) is 0 Å². The molecule has 1 saturated heterocycles. The SMILES string of the molecule is CP(=O)(O)OOC[C@H]1O[C@@H](n2ccc3c(NC4CCCC4)nc(C(F)(F)F)nc32)[C@H](O)[C@@H]1O. The van der Waals surface area contributed by atoms with Gasteiger partial charge < -0.3 is 29.7 Å². The lowest BCUT2D eigenvalue weighted by atomic mass is 10.1. The van der Waals surface area contributed by atoms with E-state index in [4.69, 9.17) is 9.63 Å². The molecule has 3 heterocycles. The summed E-state index contributed by atoms with van der Waals surface area (Å²) in [6.45, 7) is 0.376. The lowest BCUT2D eigenvalue weighted by molar-refractivity contribution is -0.238. The Morgan fingerprint density at radius 2 is 1.97 bits per heavy atom. The quantitative estimate of drug-likeness (QED) is 0.255. The van der Waals surface area contributed by atoms with Gasteiger partial charge in [0.25, 0.3) is 0 Å². The average molecular weight is 496 g/mol. The van der Waals surface area contributed by atoms with E-state index >= 15 is 0 Å². The Bertz CT molecular complexity index is 1040. The molecule has 0 spiro atoms. The van der Waals surface area contributed by atoms with Gasteiger partial charge in [0.2, 0.25) is 5.82 Å². The predicted octanol–water partition coefficient (Wildman–Crippen LogP) is 2.19. The number of hydrogen-bond acceptors (Lipinski definition) is 9. The fraction of sp³-hybridized carbons (Fsp3) is 0.667. The van der Waals surface area contributed by atoms with Gasteiger partial charge in [-0.15, -0.1) is 4.67 Å². The molecule has 1 aliphatic carbocycles. The van der Waals surface area contributed by atoms with E-state index in [1.54, 1.807) is 0 Å². The first-order valence-corrected chi connectivity index (χ1v) is 12.3. The van der Waals surface area contributed by atoms with Gasteiger partial charge in [-0.2, -0.15) is 13.2 Å². The van der Waals surface area contributed by atoms with Gasteiger partial charge in [-0.05, 0) is 18.9 Å². The van der Waals surface area contributed by atoms with Crippen molar-refractivity contribution < 1.29 is 47.1 Å². The van der Waals surface area contributed by atoms with Crippen LogP contribution < -0.4 is 5.32 Å². The van der Waals surface area contributed by atoms with Crippen molar-refractivity contribution >= 4 is 24.4 Å². The zero-order valence-electron chi connectivity index (χ0n) is 17.5. The van der Waals surface area contributed by atoms with Gasteiger partial charge in [-0.3, -0.25) is 4.57 Å². The summed E-state index contributed by atoms with van der Waals surface area (Å²) in [5.74, 6) is -1.32. The van der Waals surface area contributed by atoms with E-state index in [9.17, 15) is 27.9 Å². The van der Waals surface area contributed by atoms with Crippen LogP contribution in [-0.4, -0.2) is 67.3 Å². The number of aliphatic hydroxyl groups excluding tert-OH is 2. The topological polar surface area (TPSA) is 148 Å². The lowest BCUT2D eigenvalue weighted by Crippen LogP contribution is -2.33. The first kappa shape index (κ1) is 24.3. The van der Waals surface area contributed by atoms with E-state index in [1.165, 1.54) is 16.8 Å². The Hall–Kier alpha value is -1.80. The number of aromatic nitrogens is 3. The van der Waals surface area contributed by atoms with Gasteiger partial charge in [-0.1, -0.05) is 12.8 Å². The molecule has 0 radical (unpaired) electrons. The summed E-state index contributed by atoms with van der Waals surface area (Å²) in [6.07, 6.45) is -5.41. The van der Waals surface area contributed by atoms with Crippen LogP contribution in [0, 0.1) is 0 Å². The van der Waals surface area contributed by atoms with E-state index in [-0.39, 0.29) is 17.5 Å². The molecule has 1 unspecified atom stereocenters. The Morgan fingerprint density at radius 3 is 2.61 bits per heavy atom. The first-order chi connectivity index (χ1) is 15.4. The molecular weight excluding hydrogens is 472 g/mol. The summed E-state index contributed by atoms with van der Waals surface area (Å²) < 4.78 is 62.7. The molecule has 0 amide bonds. The summed E-state index contributed by atoms with van der Waals surface area (Å²) >= 11 is 0.